The number of piperidine rings is 1. The summed E-state index contributed by atoms with van der Waals surface area (Å²) in [5.41, 5.74) is 1.25. The van der Waals surface area contributed by atoms with E-state index in [1.807, 2.05) is 12.1 Å². The van der Waals surface area contributed by atoms with Gasteiger partial charge in [0.1, 0.15) is 0 Å². The smallest absolute Gasteiger partial charge is 0.253 e. The van der Waals surface area contributed by atoms with E-state index < -0.39 is 0 Å². The third kappa shape index (κ3) is 6.05. The van der Waals surface area contributed by atoms with Crippen molar-refractivity contribution in [1.82, 2.24) is 10.2 Å². The highest BCUT2D eigenvalue weighted by molar-refractivity contribution is 9.10. The van der Waals surface area contributed by atoms with Crippen LogP contribution < -0.4 is 10.6 Å². The second-order valence-electron chi connectivity index (χ2n) is 6.85. The summed E-state index contributed by atoms with van der Waals surface area (Å²) >= 11 is 9.17. The molecule has 152 valence electrons. The van der Waals surface area contributed by atoms with Gasteiger partial charge in [0.05, 0.1) is 6.54 Å². The largest absolute Gasteiger partial charge is 0.347 e. The van der Waals surface area contributed by atoms with E-state index >= 15 is 0 Å². The zero-order chi connectivity index (χ0) is 20.8. The number of nitrogens with one attached hydrogen (secondary N) is 2. The lowest BCUT2D eigenvalue weighted by atomic mass is 9.95. The van der Waals surface area contributed by atoms with Crippen LogP contribution in [0.25, 0.3) is 0 Å². The number of hydrogen-bond acceptors (Lipinski definition) is 3. The molecule has 0 aliphatic carbocycles. The number of halogens is 2. The number of rotatable bonds is 5. The SMILES string of the molecule is O=C(CNC(=O)C1CCN(C(=O)c2ccc(Br)cc2)CC1)Nc1ccc(Cl)cc1. The van der Waals surface area contributed by atoms with Crippen molar-refractivity contribution in [3.05, 3.63) is 63.6 Å². The highest BCUT2D eigenvalue weighted by atomic mass is 79.9. The van der Waals surface area contributed by atoms with Crippen molar-refractivity contribution >= 4 is 50.9 Å². The van der Waals surface area contributed by atoms with Crippen LogP contribution in [0, 0.1) is 5.92 Å². The molecule has 0 unspecified atom stereocenters. The predicted molar refractivity (Wildman–Crippen MR) is 116 cm³/mol. The average molecular weight is 479 g/mol. The Hall–Kier alpha value is -2.38. The van der Waals surface area contributed by atoms with Crippen LogP contribution in [0.1, 0.15) is 23.2 Å². The van der Waals surface area contributed by atoms with Crippen LogP contribution in [0.3, 0.4) is 0 Å². The maximum atomic E-state index is 12.5. The highest BCUT2D eigenvalue weighted by Crippen LogP contribution is 2.20. The fourth-order valence-corrected chi connectivity index (χ4v) is 3.56. The first-order valence-electron chi connectivity index (χ1n) is 9.30. The Balaban J connectivity index is 1.42. The van der Waals surface area contributed by atoms with Gasteiger partial charge in [-0.05, 0) is 61.4 Å². The van der Waals surface area contributed by atoms with Crippen molar-refractivity contribution in [3.63, 3.8) is 0 Å². The molecule has 3 amide bonds. The molecule has 8 heteroatoms. The topological polar surface area (TPSA) is 78.5 Å². The number of amides is 3. The molecule has 1 aliphatic rings. The summed E-state index contributed by atoms with van der Waals surface area (Å²) in [6.45, 7) is 0.938. The second kappa shape index (κ2) is 9.89. The number of likely N-dealkylation sites (tertiary alicyclic amines) is 1. The number of benzene rings is 2. The molecule has 1 fully saturated rings. The monoisotopic (exact) mass is 477 g/mol. The lowest BCUT2D eigenvalue weighted by molar-refractivity contribution is -0.128. The summed E-state index contributed by atoms with van der Waals surface area (Å²) in [6.07, 6.45) is 1.15. The fraction of sp³-hybridized carbons (Fsp3) is 0.286. The molecule has 0 spiro atoms. The molecule has 0 radical (unpaired) electrons. The highest BCUT2D eigenvalue weighted by Gasteiger charge is 2.28. The van der Waals surface area contributed by atoms with Gasteiger partial charge >= 0.3 is 0 Å². The normalized spacial score (nSPS) is 14.3. The number of nitrogens with zero attached hydrogens (tertiary/aromatic N) is 1. The van der Waals surface area contributed by atoms with Gasteiger partial charge in [-0.25, -0.2) is 0 Å². The van der Waals surface area contributed by atoms with Crippen LogP contribution in [0.2, 0.25) is 5.02 Å². The summed E-state index contributed by atoms with van der Waals surface area (Å²) in [4.78, 5) is 38.7. The van der Waals surface area contributed by atoms with E-state index in [0.29, 0.717) is 42.2 Å². The molecule has 1 aliphatic heterocycles. The quantitative estimate of drug-likeness (QED) is 0.688. The van der Waals surface area contributed by atoms with E-state index in [-0.39, 0.29) is 30.2 Å². The minimum Gasteiger partial charge on any atom is -0.347 e. The zero-order valence-electron chi connectivity index (χ0n) is 15.7. The summed E-state index contributed by atoms with van der Waals surface area (Å²) in [5, 5.41) is 5.97. The van der Waals surface area contributed by atoms with E-state index in [0.717, 1.165) is 4.47 Å². The first-order valence-corrected chi connectivity index (χ1v) is 10.5. The van der Waals surface area contributed by atoms with Crippen molar-refractivity contribution < 1.29 is 14.4 Å². The molecule has 3 rings (SSSR count). The van der Waals surface area contributed by atoms with E-state index in [1.54, 1.807) is 41.3 Å². The van der Waals surface area contributed by atoms with Crippen LogP contribution in [-0.2, 0) is 9.59 Å². The molecule has 29 heavy (non-hydrogen) atoms. The molecule has 2 aromatic carbocycles. The summed E-state index contributed by atoms with van der Waals surface area (Å²) < 4.78 is 0.921. The van der Waals surface area contributed by atoms with Crippen LogP contribution in [0.4, 0.5) is 5.69 Å². The van der Waals surface area contributed by atoms with Crippen molar-refractivity contribution in [2.24, 2.45) is 5.92 Å². The number of hydrogen-bond donors (Lipinski definition) is 2. The second-order valence-corrected chi connectivity index (χ2v) is 8.20. The summed E-state index contributed by atoms with van der Waals surface area (Å²) in [5.74, 6) is -0.693. The lowest BCUT2D eigenvalue weighted by Gasteiger charge is -2.31. The van der Waals surface area contributed by atoms with Crippen molar-refractivity contribution in [3.8, 4) is 0 Å². The van der Waals surface area contributed by atoms with Gasteiger partial charge in [0.25, 0.3) is 5.91 Å². The third-order valence-electron chi connectivity index (χ3n) is 4.80. The molecule has 1 saturated heterocycles. The minimum atomic E-state index is -0.302. The van der Waals surface area contributed by atoms with Crippen LogP contribution in [0.5, 0.6) is 0 Å². The van der Waals surface area contributed by atoms with Gasteiger partial charge in [-0.2, -0.15) is 0 Å². The Kier molecular flexibility index (Phi) is 7.28. The van der Waals surface area contributed by atoms with Gasteiger partial charge in [0.2, 0.25) is 11.8 Å². The van der Waals surface area contributed by atoms with Gasteiger partial charge in [-0.1, -0.05) is 27.5 Å². The number of carbonyl (C=O) groups is 3. The van der Waals surface area contributed by atoms with E-state index in [1.165, 1.54) is 0 Å². The third-order valence-corrected chi connectivity index (χ3v) is 5.58. The Bertz CT molecular complexity index is 879. The maximum Gasteiger partial charge on any atom is 0.253 e. The molecule has 1 heterocycles. The van der Waals surface area contributed by atoms with E-state index in [4.69, 9.17) is 11.6 Å². The first kappa shape index (κ1) is 21.3. The zero-order valence-corrected chi connectivity index (χ0v) is 18.0. The summed E-state index contributed by atoms with van der Waals surface area (Å²) in [6, 6.07) is 14.0. The van der Waals surface area contributed by atoms with Gasteiger partial charge < -0.3 is 15.5 Å². The summed E-state index contributed by atoms with van der Waals surface area (Å²) in [7, 11) is 0. The molecule has 6 nitrogen and oxygen atoms in total. The van der Waals surface area contributed by atoms with Gasteiger partial charge in [-0.3, -0.25) is 14.4 Å². The van der Waals surface area contributed by atoms with Gasteiger partial charge in [0, 0.05) is 39.8 Å². The molecule has 0 saturated carbocycles. The van der Waals surface area contributed by atoms with E-state index in [9.17, 15) is 14.4 Å². The van der Waals surface area contributed by atoms with Crippen LogP contribution in [0.15, 0.2) is 53.0 Å². The number of carbonyl (C=O) groups excluding carboxylic acids is 3. The van der Waals surface area contributed by atoms with Gasteiger partial charge in [-0.15, -0.1) is 0 Å². The molecule has 0 aromatic heterocycles. The fourth-order valence-electron chi connectivity index (χ4n) is 3.17. The first-order chi connectivity index (χ1) is 13.9. The molecule has 0 bridgehead atoms. The Morgan fingerprint density at radius 1 is 1.00 bits per heavy atom. The minimum absolute atomic E-state index is 0.0290. The average Bonchev–Trinajstić information content (AvgIpc) is 2.74. The predicted octanol–water partition coefficient (Wildman–Crippen LogP) is 3.71. The molecule has 0 atom stereocenters. The Morgan fingerprint density at radius 3 is 2.24 bits per heavy atom. The Morgan fingerprint density at radius 2 is 1.62 bits per heavy atom. The number of anilines is 1. The van der Waals surface area contributed by atoms with Crippen molar-refractivity contribution in [1.29, 1.82) is 0 Å². The standard InChI is InChI=1S/C21H21BrClN3O3/c22-16-3-1-15(2-4-16)21(29)26-11-9-14(10-12-26)20(28)24-13-19(27)25-18-7-5-17(23)6-8-18/h1-8,14H,9-13H2,(H,24,28)(H,25,27). The molecule has 2 aromatic rings. The van der Waals surface area contributed by atoms with Crippen molar-refractivity contribution in [2.75, 3.05) is 25.0 Å². The Labute approximate surface area is 182 Å². The van der Waals surface area contributed by atoms with Crippen molar-refractivity contribution in [2.45, 2.75) is 12.8 Å². The van der Waals surface area contributed by atoms with Crippen LogP contribution >= 0.6 is 27.5 Å². The van der Waals surface area contributed by atoms with E-state index in [2.05, 4.69) is 26.6 Å². The molecular weight excluding hydrogens is 458 g/mol. The molecule has 2 N–H and O–H groups in total. The maximum absolute atomic E-state index is 12.5. The molecular formula is C21H21BrClN3O3. The van der Waals surface area contributed by atoms with Crippen LogP contribution in [-0.4, -0.2) is 42.3 Å². The lowest BCUT2D eigenvalue weighted by Crippen LogP contribution is -2.44. The van der Waals surface area contributed by atoms with Gasteiger partial charge in [0.15, 0.2) is 0 Å².